The van der Waals surface area contributed by atoms with E-state index in [2.05, 4.69) is 25.9 Å². The van der Waals surface area contributed by atoms with Gasteiger partial charge in [0.25, 0.3) is 6.01 Å². The monoisotopic (exact) mass is 321 g/mol. The largest absolute Gasteiger partial charge is 0.424 e. The molecule has 0 aliphatic heterocycles. The Kier molecular flexibility index (Phi) is 2.87. The molecule has 0 aliphatic rings. The van der Waals surface area contributed by atoms with Gasteiger partial charge in [-0.25, -0.2) is 4.39 Å². The van der Waals surface area contributed by atoms with E-state index in [0.29, 0.717) is 15.9 Å². The van der Waals surface area contributed by atoms with Crippen molar-refractivity contribution < 1.29 is 9.13 Å². The summed E-state index contributed by atoms with van der Waals surface area (Å²) in [6, 6.07) is 9.79. The summed E-state index contributed by atoms with van der Waals surface area (Å²) in [4.78, 5) is 7.22. The minimum absolute atomic E-state index is 0.284. The summed E-state index contributed by atoms with van der Waals surface area (Å²) in [6.07, 6.45) is 0. The summed E-state index contributed by atoms with van der Waals surface area (Å²) in [5.41, 5.74) is 7.82. The van der Waals surface area contributed by atoms with Gasteiger partial charge >= 0.3 is 0 Å². The van der Waals surface area contributed by atoms with Crippen LogP contribution in [0.2, 0.25) is 0 Å². The van der Waals surface area contributed by atoms with Gasteiger partial charge in [-0.1, -0.05) is 0 Å². The second kappa shape index (κ2) is 4.55. The average molecular weight is 322 g/mol. The number of halogens is 2. The number of aromatic nitrogens is 2. The summed E-state index contributed by atoms with van der Waals surface area (Å²) in [5, 5.41) is 0. The quantitative estimate of drug-likeness (QED) is 0.705. The zero-order chi connectivity index (χ0) is 13.4. The van der Waals surface area contributed by atoms with Crippen molar-refractivity contribution in [1.82, 2.24) is 9.97 Å². The topological polar surface area (TPSA) is 63.9 Å². The van der Waals surface area contributed by atoms with E-state index < -0.39 is 0 Å². The number of fused-ring (bicyclic) bond motifs is 1. The summed E-state index contributed by atoms with van der Waals surface area (Å²) in [5.74, 6) is -0.0226. The van der Waals surface area contributed by atoms with Crippen LogP contribution in [0, 0.1) is 5.82 Å². The Morgan fingerprint density at radius 3 is 2.89 bits per heavy atom. The highest BCUT2D eigenvalue weighted by atomic mass is 79.9. The first-order chi connectivity index (χ1) is 9.11. The molecule has 19 heavy (non-hydrogen) atoms. The van der Waals surface area contributed by atoms with Gasteiger partial charge in [0.2, 0.25) is 0 Å². The fourth-order valence-electron chi connectivity index (χ4n) is 1.71. The van der Waals surface area contributed by atoms with Crippen LogP contribution in [0.3, 0.4) is 0 Å². The first-order valence-electron chi connectivity index (χ1n) is 5.50. The van der Waals surface area contributed by atoms with Gasteiger partial charge in [-0.3, -0.25) is 0 Å². The summed E-state index contributed by atoms with van der Waals surface area (Å²) in [6.45, 7) is 0. The number of imidazole rings is 1. The molecule has 4 nitrogen and oxygen atoms in total. The molecule has 96 valence electrons. The van der Waals surface area contributed by atoms with Crippen molar-refractivity contribution in [2.75, 3.05) is 5.73 Å². The molecule has 0 saturated carbocycles. The van der Waals surface area contributed by atoms with Crippen molar-refractivity contribution in [2.45, 2.75) is 0 Å². The van der Waals surface area contributed by atoms with E-state index in [-0.39, 0.29) is 11.8 Å². The minimum atomic E-state index is -0.376. The van der Waals surface area contributed by atoms with E-state index in [1.165, 1.54) is 12.1 Å². The van der Waals surface area contributed by atoms with Gasteiger partial charge in [0, 0.05) is 11.8 Å². The highest BCUT2D eigenvalue weighted by molar-refractivity contribution is 9.10. The van der Waals surface area contributed by atoms with E-state index in [4.69, 9.17) is 10.5 Å². The third-order valence-electron chi connectivity index (χ3n) is 2.58. The van der Waals surface area contributed by atoms with Crippen molar-refractivity contribution in [3.63, 3.8) is 0 Å². The number of nitrogens with two attached hydrogens (primary N) is 1. The number of aromatic amines is 1. The maximum absolute atomic E-state index is 13.2. The molecule has 1 aromatic heterocycles. The van der Waals surface area contributed by atoms with Crippen LogP contribution in [-0.2, 0) is 0 Å². The highest BCUT2D eigenvalue weighted by Crippen LogP contribution is 2.30. The van der Waals surface area contributed by atoms with Gasteiger partial charge in [0.05, 0.1) is 15.5 Å². The van der Waals surface area contributed by atoms with Crippen LogP contribution in [0.4, 0.5) is 10.1 Å². The van der Waals surface area contributed by atoms with E-state index in [1.807, 2.05) is 0 Å². The predicted octanol–water partition coefficient (Wildman–Crippen LogP) is 3.84. The fourth-order valence-corrected chi connectivity index (χ4v) is 2.04. The summed E-state index contributed by atoms with van der Waals surface area (Å²) >= 11 is 3.29. The second-order valence-electron chi connectivity index (χ2n) is 4.00. The Labute approximate surface area is 116 Å². The number of anilines is 1. The smallest absolute Gasteiger partial charge is 0.300 e. The van der Waals surface area contributed by atoms with Crippen LogP contribution in [0.1, 0.15) is 0 Å². The van der Waals surface area contributed by atoms with E-state index in [1.54, 1.807) is 24.3 Å². The second-order valence-corrected chi connectivity index (χ2v) is 4.85. The predicted molar refractivity (Wildman–Crippen MR) is 74.7 cm³/mol. The number of hydrogen-bond acceptors (Lipinski definition) is 3. The van der Waals surface area contributed by atoms with Crippen molar-refractivity contribution in [3.05, 3.63) is 46.7 Å². The molecule has 3 N–H and O–H groups in total. The Morgan fingerprint density at radius 2 is 2.05 bits per heavy atom. The van der Waals surface area contributed by atoms with E-state index >= 15 is 0 Å². The number of rotatable bonds is 2. The minimum Gasteiger partial charge on any atom is -0.424 e. The fraction of sp³-hybridized carbons (Fsp3) is 0. The molecule has 0 unspecified atom stereocenters. The van der Waals surface area contributed by atoms with Gasteiger partial charge in [0.15, 0.2) is 0 Å². The lowest BCUT2D eigenvalue weighted by molar-refractivity contribution is 0.442. The molecule has 3 aromatic rings. The molecule has 0 amide bonds. The van der Waals surface area contributed by atoms with Crippen LogP contribution in [0.5, 0.6) is 11.8 Å². The molecule has 1 heterocycles. The first kappa shape index (κ1) is 12.0. The third-order valence-corrected chi connectivity index (χ3v) is 3.24. The Hall–Kier alpha value is -2.08. The average Bonchev–Trinajstić information content (AvgIpc) is 2.75. The van der Waals surface area contributed by atoms with Crippen molar-refractivity contribution >= 4 is 32.7 Å². The highest BCUT2D eigenvalue weighted by Gasteiger charge is 2.08. The maximum Gasteiger partial charge on any atom is 0.300 e. The van der Waals surface area contributed by atoms with Gasteiger partial charge in [0.1, 0.15) is 11.6 Å². The van der Waals surface area contributed by atoms with Gasteiger partial charge in [-0.2, -0.15) is 4.98 Å². The molecule has 0 spiro atoms. The number of ether oxygens (including phenoxy) is 1. The summed E-state index contributed by atoms with van der Waals surface area (Å²) < 4.78 is 19.3. The van der Waals surface area contributed by atoms with Crippen LogP contribution in [0.25, 0.3) is 11.0 Å². The number of benzene rings is 2. The summed E-state index contributed by atoms with van der Waals surface area (Å²) in [7, 11) is 0. The van der Waals surface area contributed by atoms with E-state index in [0.717, 1.165) is 11.0 Å². The van der Waals surface area contributed by atoms with Gasteiger partial charge in [-0.15, -0.1) is 0 Å². The lowest BCUT2D eigenvalue weighted by Gasteiger charge is -2.03. The Morgan fingerprint density at radius 1 is 1.21 bits per heavy atom. The number of hydrogen-bond donors (Lipinski definition) is 2. The van der Waals surface area contributed by atoms with Crippen LogP contribution in [0.15, 0.2) is 40.9 Å². The van der Waals surface area contributed by atoms with E-state index in [9.17, 15) is 4.39 Å². The van der Waals surface area contributed by atoms with Crippen LogP contribution < -0.4 is 10.5 Å². The SMILES string of the molecule is Nc1ccc2nc(Oc3cc(F)ccc3Br)[nH]c2c1. The van der Waals surface area contributed by atoms with Crippen LogP contribution in [-0.4, -0.2) is 9.97 Å². The number of nitrogens with one attached hydrogen (secondary N) is 1. The van der Waals surface area contributed by atoms with Crippen molar-refractivity contribution in [2.24, 2.45) is 0 Å². The van der Waals surface area contributed by atoms with Crippen molar-refractivity contribution in [1.29, 1.82) is 0 Å². The lowest BCUT2D eigenvalue weighted by atomic mass is 10.3. The molecule has 0 fully saturated rings. The maximum atomic E-state index is 13.2. The zero-order valence-corrected chi connectivity index (χ0v) is 11.2. The Bertz CT molecular complexity index is 757. The van der Waals surface area contributed by atoms with Gasteiger partial charge in [-0.05, 0) is 46.3 Å². The molecular weight excluding hydrogens is 313 g/mol. The molecule has 0 bridgehead atoms. The number of H-pyrrole nitrogens is 1. The normalized spacial score (nSPS) is 10.8. The number of nitrogens with zero attached hydrogens (tertiary/aromatic N) is 1. The molecular formula is C13H9BrFN3O. The van der Waals surface area contributed by atoms with Crippen LogP contribution >= 0.6 is 15.9 Å². The molecule has 6 heteroatoms. The molecule has 0 saturated heterocycles. The molecule has 2 aromatic carbocycles. The lowest BCUT2D eigenvalue weighted by Crippen LogP contribution is -1.88. The molecule has 3 rings (SSSR count). The standard InChI is InChI=1S/C13H9BrFN3O/c14-9-3-1-7(15)5-12(9)19-13-17-10-4-2-8(16)6-11(10)18-13/h1-6H,16H2,(H,17,18). The Balaban J connectivity index is 1.98. The zero-order valence-electron chi connectivity index (χ0n) is 9.65. The number of nitrogen functional groups attached to an aromatic ring is 1. The van der Waals surface area contributed by atoms with Crippen molar-refractivity contribution in [3.8, 4) is 11.8 Å². The van der Waals surface area contributed by atoms with Gasteiger partial charge < -0.3 is 15.5 Å². The third kappa shape index (κ3) is 2.39. The molecule has 0 radical (unpaired) electrons. The molecule has 0 aliphatic carbocycles. The first-order valence-corrected chi connectivity index (χ1v) is 6.29. The molecule has 0 atom stereocenters.